The summed E-state index contributed by atoms with van der Waals surface area (Å²) in [5, 5.41) is 20.5. The summed E-state index contributed by atoms with van der Waals surface area (Å²) in [4.78, 5) is 38.4. The van der Waals surface area contributed by atoms with Crippen LogP contribution in [0.15, 0.2) is 40.6 Å². The minimum Gasteiger partial charge on any atom is -0.369 e. The molecule has 0 radical (unpaired) electrons. The average molecular weight is 462 g/mol. The van der Waals surface area contributed by atoms with Crippen molar-refractivity contribution in [1.82, 2.24) is 24.7 Å². The van der Waals surface area contributed by atoms with Crippen LogP contribution in [0.25, 0.3) is 0 Å². The first-order valence-electron chi connectivity index (χ1n) is 10.6. The first kappa shape index (κ1) is 22.7. The molecule has 3 N–H and O–H groups in total. The van der Waals surface area contributed by atoms with Gasteiger partial charge in [-0.3, -0.25) is 14.3 Å². The maximum atomic E-state index is 13.5. The van der Waals surface area contributed by atoms with Crippen LogP contribution in [0.1, 0.15) is 46.0 Å². The fourth-order valence-corrected chi connectivity index (χ4v) is 3.78. The van der Waals surface area contributed by atoms with Gasteiger partial charge in [0.15, 0.2) is 0 Å². The minimum atomic E-state index is -0.620. The number of fused-ring (bicyclic) bond motifs is 1. The van der Waals surface area contributed by atoms with Gasteiger partial charge < -0.3 is 16.0 Å². The second-order valence-corrected chi connectivity index (χ2v) is 8.47. The van der Waals surface area contributed by atoms with Crippen LogP contribution in [0.4, 0.5) is 23.3 Å². The zero-order chi connectivity index (χ0) is 24.5. The van der Waals surface area contributed by atoms with Gasteiger partial charge in [-0.1, -0.05) is 26.0 Å². The predicted octanol–water partition coefficient (Wildman–Crippen LogP) is 2.96. The largest absolute Gasteiger partial charge is 0.369 e. The molecule has 1 aliphatic heterocycles. The number of nitrogens with zero attached hydrogens (tertiary/aromatic N) is 7. The van der Waals surface area contributed by atoms with Gasteiger partial charge in [-0.25, -0.2) is 4.98 Å². The molecule has 1 aliphatic rings. The Morgan fingerprint density at radius 1 is 1.24 bits per heavy atom. The van der Waals surface area contributed by atoms with Crippen molar-refractivity contribution in [3.05, 3.63) is 52.8 Å². The lowest BCUT2D eigenvalue weighted by Gasteiger charge is -2.20. The molecule has 174 valence electrons. The lowest BCUT2D eigenvalue weighted by Crippen LogP contribution is -2.25. The molecule has 34 heavy (non-hydrogen) atoms. The topological polar surface area (TPSA) is 153 Å². The van der Waals surface area contributed by atoms with Gasteiger partial charge in [-0.2, -0.15) is 10.1 Å². The van der Waals surface area contributed by atoms with E-state index in [9.17, 15) is 9.59 Å². The van der Waals surface area contributed by atoms with E-state index in [-0.39, 0.29) is 22.6 Å². The number of amides is 2. The van der Waals surface area contributed by atoms with Crippen LogP contribution in [-0.2, 0) is 12.5 Å². The van der Waals surface area contributed by atoms with Crippen LogP contribution in [0.3, 0.4) is 0 Å². The van der Waals surface area contributed by atoms with Crippen molar-refractivity contribution in [3.8, 4) is 0 Å². The molecule has 0 bridgehead atoms. The predicted molar refractivity (Wildman–Crippen MR) is 126 cm³/mol. The number of aryl methyl sites for hydroxylation is 2. The molecule has 12 heteroatoms. The van der Waals surface area contributed by atoms with E-state index < -0.39 is 11.8 Å². The van der Waals surface area contributed by atoms with E-state index in [0.29, 0.717) is 29.4 Å². The lowest BCUT2D eigenvalue weighted by atomic mass is 9.86. The highest BCUT2D eigenvalue weighted by atomic mass is 16.2. The van der Waals surface area contributed by atoms with Crippen LogP contribution in [0.2, 0.25) is 0 Å². The Kier molecular flexibility index (Phi) is 5.91. The Bertz CT molecular complexity index is 1350. The summed E-state index contributed by atoms with van der Waals surface area (Å²) >= 11 is 0. The molecular formula is C22H25N10O2+. The summed E-state index contributed by atoms with van der Waals surface area (Å²) < 4.78 is 1.67. The van der Waals surface area contributed by atoms with Crippen molar-refractivity contribution < 1.29 is 9.59 Å². The maximum absolute atomic E-state index is 13.5. The molecule has 0 spiro atoms. The number of nitrogens with one attached hydrogen (secondary N) is 3. The number of benzene rings is 1. The number of rotatable bonds is 5. The first-order valence-corrected chi connectivity index (χ1v) is 10.6. The summed E-state index contributed by atoms with van der Waals surface area (Å²) in [5.41, 5.74) is 1.84. The van der Waals surface area contributed by atoms with Gasteiger partial charge >= 0.3 is 5.91 Å². The molecule has 12 nitrogen and oxygen atoms in total. The fourth-order valence-electron chi connectivity index (χ4n) is 3.78. The highest BCUT2D eigenvalue weighted by Gasteiger charge is 2.37. The molecule has 1 aromatic carbocycles. The van der Waals surface area contributed by atoms with Crippen LogP contribution in [0, 0.1) is 6.92 Å². The Morgan fingerprint density at radius 3 is 2.71 bits per heavy atom. The van der Waals surface area contributed by atoms with E-state index in [1.54, 1.807) is 36.0 Å². The first-order chi connectivity index (χ1) is 16.2. The third-order valence-corrected chi connectivity index (χ3v) is 5.37. The number of aromatic nitrogens is 4. The van der Waals surface area contributed by atoms with Gasteiger partial charge in [0, 0.05) is 30.6 Å². The van der Waals surface area contributed by atoms with Gasteiger partial charge in [-0.05, 0) is 19.1 Å². The zero-order valence-electron chi connectivity index (χ0n) is 19.5. The second-order valence-electron chi connectivity index (χ2n) is 8.47. The lowest BCUT2D eigenvalue weighted by molar-refractivity contribution is 0.0993. The highest BCUT2D eigenvalue weighted by molar-refractivity contribution is 6.09. The molecule has 2 aromatic heterocycles. The van der Waals surface area contributed by atoms with Gasteiger partial charge in [0.25, 0.3) is 5.91 Å². The van der Waals surface area contributed by atoms with E-state index >= 15 is 0 Å². The normalized spacial score (nSPS) is 13.3. The Labute approximate surface area is 195 Å². The molecule has 2 amide bonds. The second kappa shape index (κ2) is 8.83. The minimum absolute atomic E-state index is 0.190. The quantitative estimate of drug-likeness (QED) is 0.390. The SMILES string of the molecule is CN=[N+]=NC(=O)c1ccccc1NC(=O)c1nc(Nc2cc(C)nn2C)nc2c1C(C)(C)CN2. The average Bonchev–Trinajstić information content (AvgIpc) is 3.28. The van der Waals surface area contributed by atoms with Crippen molar-refractivity contribution in [2.45, 2.75) is 26.2 Å². The molecule has 0 unspecified atom stereocenters. The summed E-state index contributed by atoms with van der Waals surface area (Å²) in [5.74, 6) is 0.417. The van der Waals surface area contributed by atoms with E-state index in [1.165, 1.54) is 7.05 Å². The van der Waals surface area contributed by atoms with Crippen LogP contribution in [-0.4, -0.2) is 45.2 Å². The summed E-state index contributed by atoms with van der Waals surface area (Å²) in [6, 6.07) is 8.41. The van der Waals surface area contributed by atoms with E-state index in [1.807, 2.05) is 26.8 Å². The number of anilines is 4. The number of hydrogen-bond donors (Lipinski definition) is 3. The third kappa shape index (κ3) is 4.39. The van der Waals surface area contributed by atoms with E-state index in [4.69, 9.17) is 0 Å². The van der Waals surface area contributed by atoms with E-state index in [2.05, 4.69) is 46.2 Å². The Morgan fingerprint density at radius 2 is 2.00 bits per heavy atom. The molecular weight excluding hydrogens is 436 g/mol. The van der Waals surface area contributed by atoms with Gasteiger partial charge in [-0.15, -0.1) is 0 Å². The molecule has 0 atom stereocenters. The van der Waals surface area contributed by atoms with Crippen LogP contribution >= 0.6 is 0 Å². The highest BCUT2D eigenvalue weighted by Crippen LogP contribution is 2.38. The number of carbonyl (C=O) groups excluding carboxylic acids is 2. The van der Waals surface area contributed by atoms with Crippen molar-refractivity contribution in [3.63, 3.8) is 0 Å². The van der Waals surface area contributed by atoms with Crippen molar-refractivity contribution in [2.75, 3.05) is 29.5 Å². The van der Waals surface area contributed by atoms with Crippen LogP contribution in [0.5, 0.6) is 0 Å². The maximum Gasteiger partial charge on any atom is 0.362 e. The van der Waals surface area contributed by atoms with Gasteiger partial charge in [0.05, 0.1) is 16.9 Å². The van der Waals surface area contributed by atoms with Crippen molar-refractivity contribution in [1.29, 1.82) is 0 Å². The number of para-hydroxylation sites is 1. The monoisotopic (exact) mass is 461 g/mol. The molecule has 0 fully saturated rings. The summed E-state index contributed by atoms with van der Waals surface area (Å²) in [6.07, 6.45) is 0. The van der Waals surface area contributed by atoms with Crippen LogP contribution < -0.4 is 20.9 Å². The summed E-state index contributed by atoms with van der Waals surface area (Å²) in [7, 11) is 3.21. The van der Waals surface area contributed by atoms with E-state index in [0.717, 1.165) is 5.69 Å². The van der Waals surface area contributed by atoms with Crippen molar-refractivity contribution >= 4 is 35.1 Å². The number of carbonyl (C=O) groups is 2. The smallest absolute Gasteiger partial charge is 0.362 e. The van der Waals surface area contributed by atoms with Crippen molar-refractivity contribution in [2.24, 2.45) is 17.3 Å². The molecule has 0 saturated heterocycles. The Hall–Kier alpha value is -4.44. The standard InChI is InChI=1S/C22H24N10O2/c1-12-10-15(32(5)30-12)26-21-27-17(16-18(28-21)24-11-22(16,2)3)20(34)25-14-9-7-6-8-13(14)19(33)29-31-23-4/h6-10H,11H2,1-5H3,(H2-,24,25,26,27,28,30,33,34)/p+1. The van der Waals surface area contributed by atoms with Gasteiger partial charge in [0.1, 0.15) is 29.5 Å². The summed E-state index contributed by atoms with van der Waals surface area (Å²) in [6.45, 7) is 6.50. The number of hydrogen-bond acceptors (Lipinski definition) is 8. The molecule has 3 heterocycles. The zero-order valence-corrected chi connectivity index (χ0v) is 19.5. The molecule has 3 aromatic rings. The third-order valence-electron chi connectivity index (χ3n) is 5.37. The Balaban J connectivity index is 1.73. The van der Waals surface area contributed by atoms with Gasteiger partial charge in [0.2, 0.25) is 16.0 Å². The fraction of sp³-hybridized carbons (Fsp3) is 0.318. The molecule has 0 saturated carbocycles. The molecule has 4 rings (SSSR count). The molecule has 0 aliphatic carbocycles.